The van der Waals surface area contributed by atoms with E-state index in [4.69, 9.17) is 27.6 Å². The molecule has 0 saturated carbocycles. The van der Waals surface area contributed by atoms with E-state index in [2.05, 4.69) is 50.9 Å². The number of nitrogens with one attached hydrogen (secondary N) is 2. The van der Waals surface area contributed by atoms with Crippen LogP contribution in [0.5, 0.6) is 0 Å². The lowest BCUT2D eigenvalue weighted by Crippen LogP contribution is -2.31. The average Bonchev–Trinajstić information content (AvgIpc) is 1.80. The van der Waals surface area contributed by atoms with Crippen molar-refractivity contribution >= 4 is 147 Å². The quantitative estimate of drug-likeness (QED) is 0.0218. The van der Waals surface area contributed by atoms with Gasteiger partial charge in [0.05, 0.1) is 45.0 Å². The van der Waals surface area contributed by atoms with E-state index in [1.807, 2.05) is 58.9 Å². The van der Waals surface area contributed by atoms with Crippen molar-refractivity contribution in [3.05, 3.63) is 114 Å². The summed E-state index contributed by atoms with van der Waals surface area (Å²) in [5.41, 5.74) is 4.84. The van der Waals surface area contributed by atoms with E-state index in [0.29, 0.717) is 42.4 Å². The molecule has 9 aromatic rings. The van der Waals surface area contributed by atoms with E-state index in [0.717, 1.165) is 44.6 Å². The lowest BCUT2D eigenvalue weighted by atomic mass is 10.2. The van der Waals surface area contributed by atoms with Crippen LogP contribution in [0.4, 0.5) is 63.3 Å². The van der Waals surface area contributed by atoms with Gasteiger partial charge in [-0.15, -0.1) is 55.8 Å². The lowest BCUT2D eigenvalue weighted by molar-refractivity contribution is 0.280. The molecule has 0 aliphatic heterocycles. The van der Waals surface area contributed by atoms with Crippen LogP contribution in [0.1, 0.15) is 38.8 Å². The van der Waals surface area contributed by atoms with Crippen LogP contribution in [0.15, 0.2) is 138 Å². The Labute approximate surface area is 520 Å². The molecule has 0 bridgehead atoms. The van der Waals surface area contributed by atoms with Gasteiger partial charge in [0.1, 0.15) is 47.5 Å². The summed E-state index contributed by atoms with van der Waals surface area (Å²) in [7, 11) is -17.6. The number of anilines is 7. The van der Waals surface area contributed by atoms with Crippen molar-refractivity contribution < 1.29 is 61.8 Å². The van der Waals surface area contributed by atoms with E-state index in [-0.39, 0.29) is 104 Å². The number of aliphatic hydroxyl groups excluding tert-OH is 2. The van der Waals surface area contributed by atoms with Crippen LogP contribution in [0.3, 0.4) is 0 Å². The first-order valence-corrected chi connectivity index (χ1v) is 33.8. The third-order valence-corrected chi connectivity index (χ3v) is 18.5. The summed E-state index contributed by atoms with van der Waals surface area (Å²) in [5.74, 6) is -0.156. The highest BCUT2D eigenvalue weighted by Gasteiger charge is 2.25. The highest BCUT2D eigenvalue weighted by atomic mass is 32.2. The van der Waals surface area contributed by atoms with Gasteiger partial charge in [-0.2, -0.15) is 40.2 Å². The molecule has 3 heterocycles. The lowest BCUT2D eigenvalue weighted by Gasteiger charge is -2.24. The second kappa shape index (κ2) is 28.4. The maximum absolute atomic E-state index is 13.0. The molecular formula is C55H58N14O14S6. The second-order valence-corrected chi connectivity index (χ2v) is 25.8. The van der Waals surface area contributed by atoms with Crippen LogP contribution in [0, 0.1) is 13.8 Å². The molecule has 7 N–H and O–H groups in total. The second-order valence-electron chi connectivity index (χ2n) is 19.2. The standard InChI is InChI=1S/C55H58N14O11S5.O3S/c1-7-67(8-2)36-15-21-38(63-65-41-19-13-34(28-47(41)83(72,73)74)51-56-40-17-11-32(5)27-46(40)81-51)44(30-36)58-53-60-54(62-55(61-53)69(23-25-70)24-26-71)59-45-31-37(68(9-3)10-4)16-22-39(45)64-66-42-20-14-35(29-48(42)84(75,76)77)52-57-43-18-12-33(6)50(49(43)82-52)85(78,79)80;1-4(2)3/h11-22,27-31,70-71H,7-10,23-26H2,1-6H3,(H,72,73,74)(H,75,76,77)(H,78,79,80)(H2,58,59,60,61,62);. The Morgan fingerprint density at radius 2 is 0.944 bits per heavy atom. The van der Waals surface area contributed by atoms with Gasteiger partial charge in [0, 0.05) is 61.8 Å². The number of rotatable bonds is 24. The number of nitrogens with zero attached hydrogens (tertiary/aromatic N) is 12. The minimum absolute atomic E-state index is 0.00532. The van der Waals surface area contributed by atoms with Crippen LogP contribution in [0.25, 0.3) is 41.6 Å². The fraction of sp³-hybridized carbons (Fsp3) is 0.255. The third kappa shape index (κ3) is 16.3. The number of hydrogen-bond acceptors (Lipinski definition) is 27. The normalized spacial score (nSPS) is 12.0. The Hall–Kier alpha value is -8.42. The summed E-state index contributed by atoms with van der Waals surface area (Å²) in [6.45, 7) is 13.1. The van der Waals surface area contributed by atoms with Crippen molar-refractivity contribution in [3.63, 3.8) is 0 Å². The van der Waals surface area contributed by atoms with Gasteiger partial charge in [0.2, 0.25) is 17.8 Å². The number of azo groups is 2. The zero-order chi connectivity index (χ0) is 64.5. The molecule has 0 unspecified atom stereocenters. The molecule has 89 heavy (non-hydrogen) atoms. The zero-order valence-corrected chi connectivity index (χ0v) is 53.1. The molecule has 0 aliphatic carbocycles. The summed E-state index contributed by atoms with van der Waals surface area (Å²) < 4.78 is 134. The molecule has 0 atom stereocenters. The van der Waals surface area contributed by atoms with Crippen LogP contribution in [-0.2, 0) is 41.0 Å². The molecule has 9 rings (SSSR count). The maximum Gasteiger partial charge on any atom is 0.425 e. The number of hydrogen-bond donors (Lipinski definition) is 7. The Kier molecular flexibility index (Phi) is 21.2. The number of thiazole rings is 2. The number of aromatic nitrogens is 5. The van der Waals surface area contributed by atoms with Gasteiger partial charge < -0.3 is 35.5 Å². The maximum atomic E-state index is 13.0. The van der Waals surface area contributed by atoms with Gasteiger partial charge in [0.25, 0.3) is 30.4 Å². The molecule has 0 radical (unpaired) electrons. The minimum Gasteiger partial charge on any atom is -0.395 e. The molecule has 0 aliphatic rings. The molecule has 0 amide bonds. The smallest absolute Gasteiger partial charge is 0.395 e. The van der Waals surface area contributed by atoms with E-state index in [9.17, 15) is 49.1 Å². The van der Waals surface area contributed by atoms with Gasteiger partial charge in [-0.1, -0.05) is 12.1 Å². The number of aliphatic hydroxyl groups is 2. The summed E-state index contributed by atoms with van der Waals surface area (Å²) in [6, 6.07) is 27.5. The molecule has 468 valence electrons. The number of fused-ring (bicyclic) bond motifs is 2. The molecule has 34 heteroatoms. The molecule has 0 fully saturated rings. The van der Waals surface area contributed by atoms with Crippen molar-refractivity contribution in [1.29, 1.82) is 0 Å². The van der Waals surface area contributed by atoms with Crippen molar-refractivity contribution in [3.8, 4) is 21.1 Å². The van der Waals surface area contributed by atoms with Gasteiger partial charge in [0.15, 0.2) is 0 Å². The first-order valence-electron chi connectivity index (χ1n) is 26.9. The van der Waals surface area contributed by atoms with Crippen LogP contribution < -0.4 is 25.3 Å². The van der Waals surface area contributed by atoms with Gasteiger partial charge in [-0.3, -0.25) is 13.7 Å². The Balaban J connectivity index is 0.00000248. The predicted molar refractivity (Wildman–Crippen MR) is 340 cm³/mol. The molecule has 6 aromatic carbocycles. The first-order chi connectivity index (χ1) is 42.2. The highest BCUT2D eigenvalue weighted by molar-refractivity contribution is 7.86. The van der Waals surface area contributed by atoms with E-state index >= 15 is 0 Å². The minimum atomic E-state index is -4.99. The van der Waals surface area contributed by atoms with Crippen LogP contribution in [-0.4, -0.2) is 139 Å². The topological polar surface area (TPSA) is 402 Å². The SMILES string of the molecule is CCN(CC)c1ccc(N=Nc2ccc(-c3nc4ccc(C)cc4s3)cc2S(=O)(=O)O)c(Nc2nc(Nc3cc(N(CC)CC)ccc3N=Nc3ccc(-c4nc5ccc(C)c(S(=O)(=O)O)c5s4)cc3S(=O)(=O)O)nc(N(CCO)CCO)n2)c1.O=S(=O)=O. The van der Waals surface area contributed by atoms with Crippen LogP contribution >= 0.6 is 22.7 Å². The monoisotopic (exact) mass is 1330 g/mol. The Morgan fingerprint density at radius 1 is 0.506 bits per heavy atom. The fourth-order valence-electron chi connectivity index (χ4n) is 9.16. The van der Waals surface area contributed by atoms with Gasteiger partial charge >= 0.3 is 10.6 Å². The van der Waals surface area contributed by atoms with E-state index < -0.39 is 50.8 Å². The summed E-state index contributed by atoms with van der Waals surface area (Å²) in [6.07, 6.45) is 0. The molecule has 28 nitrogen and oxygen atoms in total. The first kappa shape index (κ1) is 66.5. The predicted octanol–water partition coefficient (Wildman–Crippen LogP) is 10.6. The fourth-order valence-corrected chi connectivity index (χ4v) is 13.8. The van der Waals surface area contributed by atoms with E-state index in [1.165, 1.54) is 53.5 Å². The van der Waals surface area contributed by atoms with E-state index in [1.54, 1.807) is 42.5 Å². The van der Waals surface area contributed by atoms with Gasteiger partial charge in [-0.05, 0) is 144 Å². The summed E-state index contributed by atoms with van der Waals surface area (Å²) in [4.78, 5) is 27.5. The zero-order valence-electron chi connectivity index (χ0n) is 48.2. The average molecular weight is 1330 g/mol. The number of aryl methyl sites for hydroxylation is 2. The van der Waals surface area contributed by atoms with Crippen molar-refractivity contribution in [2.75, 3.05) is 77.8 Å². The summed E-state index contributed by atoms with van der Waals surface area (Å²) in [5, 5.41) is 45.1. The molecule has 3 aromatic heterocycles. The van der Waals surface area contributed by atoms with Crippen molar-refractivity contribution in [2.45, 2.75) is 56.2 Å². The van der Waals surface area contributed by atoms with Crippen molar-refractivity contribution in [1.82, 2.24) is 24.9 Å². The number of benzene rings is 6. The summed E-state index contributed by atoms with van der Waals surface area (Å²) >= 11 is 2.27. The highest BCUT2D eigenvalue weighted by Crippen LogP contribution is 2.42. The van der Waals surface area contributed by atoms with Gasteiger partial charge in [-0.25, -0.2) is 9.97 Å². The van der Waals surface area contributed by atoms with Crippen molar-refractivity contribution in [2.24, 2.45) is 20.5 Å². The molecular weight excluding hydrogens is 1270 g/mol. The Morgan fingerprint density at radius 3 is 1.39 bits per heavy atom. The Bertz CT molecular complexity index is 4650. The molecule has 0 spiro atoms. The van der Waals surface area contributed by atoms with Crippen LogP contribution in [0.2, 0.25) is 0 Å². The third-order valence-electron chi connectivity index (χ3n) is 13.4. The largest absolute Gasteiger partial charge is 0.425 e. The molecule has 0 saturated heterocycles.